The summed E-state index contributed by atoms with van der Waals surface area (Å²) in [5.41, 5.74) is 8.47. The summed E-state index contributed by atoms with van der Waals surface area (Å²) in [6.07, 6.45) is 3.12. The zero-order chi connectivity index (χ0) is 31.8. The fraction of sp³-hybridized carbons (Fsp3) is 0.625. The molecule has 4 aliphatic rings. The Morgan fingerprint density at radius 1 is 1.14 bits per heavy atom. The molecule has 4 fully saturated rings. The van der Waals surface area contributed by atoms with E-state index in [0.717, 1.165) is 29.2 Å². The highest BCUT2D eigenvalue weighted by Crippen LogP contribution is 2.65. The van der Waals surface area contributed by atoms with Crippen LogP contribution in [0.15, 0.2) is 47.5 Å². The highest BCUT2D eigenvalue weighted by atomic mass is 16.7. The first kappa shape index (κ1) is 32.2. The van der Waals surface area contributed by atoms with Crippen molar-refractivity contribution in [2.45, 2.75) is 104 Å². The van der Waals surface area contributed by atoms with Crippen molar-refractivity contribution in [2.24, 2.45) is 33.9 Å². The number of fused-ring (bicyclic) bond motifs is 1. The highest BCUT2D eigenvalue weighted by molar-refractivity contribution is 6.47. The van der Waals surface area contributed by atoms with Crippen LogP contribution in [0.2, 0.25) is 0 Å². The van der Waals surface area contributed by atoms with Gasteiger partial charge in [0.05, 0.1) is 29.7 Å². The number of nitrogens with two attached hydrogens (primary N) is 1. The quantitative estimate of drug-likeness (QED) is 0.0931. The van der Waals surface area contributed by atoms with E-state index in [0.29, 0.717) is 30.7 Å². The minimum atomic E-state index is -0.755. The third-order valence-corrected chi connectivity index (χ3v) is 10.2. The fourth-order valence-electron chi connectivity index (χ4n) is 7.73. The molecule has 3 aliphatic carbocycles. The zero-order valence-corrected chi connectivity index (χ0v) is 26.7. The van der Waals surface area contributed by atoms with Gasteiger partial charge in [-0.15, -0.1) is 0 Å². The number of hydrogen-bond acceptors (Lipinski definition) is 7. The molecule has 0 aromatic heterocycles. The minimum Gasteiger partial charge on any atom is -0.404 e. The lowest BCUT2D eigenvalue weighted by Crippen LogP contribution is -2.65. The number of benzene rings is 2. The van der Waals surface area contributed by atoms with Gasteiger partial charge in [-0.25, -0.2) is 15.1 Å². The first-order valence-corrected chi connectivity index (χ1v) is 15.8. The molecular weight excluding hydrogens is 559 g/mol. The van der Waals surface area contributed by atoms with Crippen molar-refractivity contribution in [3.05, 3.63) is 58.1 Å². The van der Waals surface area contributed by atoms with Gasteiger partial charge in [-0.3, -0.25) is 4.79 Å². The predicted molar refractivity (Wildman–Crippen MR) is 172 cm³/mol. The van der Waals surface area contributed by atoms with Gasteiger partial charge < -0.3 is 25.7 Å². The number of amides is 1. The molecule has 0 spiro atoms. The molecule has 5 N–H and O–H groups in total. The number of hydrazine groups is 1. The molecule has 238 valence electrons. The molecule has 2 aromatic carbocycles. The molecule has 0 radical (unpaired) electrons. The second kappa shape index (κ2) is 12.6. The summed E-state index contributed by atoms with van der Waals surface area (Å²) in [7, 11) is -0.539. The van der Waals surface area contributed by atoms with Crippen LogP contribution in [0.3, 0.4) is 0 Å². The van der Waals surface area contributed by atoms with Crippen LogP contribution < -0.4 is 21.8 Å². The number of nitrogens with zero attached hydrogens (tertiary/aromatic N) is 2. The lowest BCUT2D eigenvalue weighted by Gasteiger charge is -2.64. The van der Waals surface area contributed by atoms with Crippen LogP contribution in [0.1, 0.15) is 72.8 Å². The molecule has 1 unspecified atom stereocenters. The van der Waals surface area contributed by atoms with Crippen molar-refractivity contribution in [3.8, 4) is 0 Å². The maximum Gasteiger partial charge on any atom is 0.481 e. The Hall–Kier alpha value is -3.22. The van der Waals surface area contributed by atoms with Gasteiger partial charge in [0.2, 0.25) is 5.91 Å². The Morgan fingerprint density at radius 3 is 2.55 bits per heavy atom. The van der Waals surface area contributed by atoms with Crippen molar-refractivity contribution in [3.63, 3.8) is 0 Å². The largest absolute Gasteiger partial charge is 0.481 e. The van der Waals surface area contributed by atoms with Crippen LogP contribution in [0.4, 0.5) is 0 Å². The SMILES string of the molecule is CC(C)C[C@H](NC(=O)[C@H](CC(C)N=C(N)N[N+](=O)[O-])NCc1ccc2ccccc2c1)B1O[C@@H]2C[C@@H]3C[C@@H](C3(C)C)[C@]2(C)O1. The first-order chi connectivity index (χ1) is 20.8. The molecule has 1 aliphatic heterocycles. The van der Waals surface area contributed by atoms with E-state index in [-0.39, 0.29) is 41.3 Å². The molecule has 6 rings (SSSR count). The number of carbonyl (C=O) groups excluding carboxylic acids is 1. The van der Waals surface area contributed by atoms with Gasteiger partial charge in [0.15, 0.2) is 5.03 Å². The molecular formula is C32H47BN6O5. The number of nitro groups is 1. The lowest BCUT2D eigenvalue weighted by molar-refractivity contribution is -0.525. The second-order valence-electron chi connectivity index (χ2n) is 14.2. The number of aliphatic imine (C=N–C) groups is 1. The summed E-state index contributed by atoms with van der Waals surface area (Å²) >= 11 is 0. The number of hydrogen-bond donors (Lipinski definition) is 4. The van der Waals surface area contributed by atoms with Crippen LogP contribution >= 0.6 is 0 Å². The smallest absolute Gasteiger partial charge is 0.404 e. The number of nitrogens with one attached hydrogen (secondary N) is 3. The predicted octanol–water partition coefficient (Wildman–Crippen LogP) is 3.97. The van der Waals surface area contributed by atoms with E-state index in [4.69, 9.17) is 15.0 Å². The Kier molecular flexibility index (Phi) is 9.25. The van der Waals surface area contributed by atoms with Gasteiger partial charge in [-0.2, -0.15) is 0 Å². The Morgan fingerprint density at radius 2 is 1.86 bits per heavy atom. The molecule has 1 amide bonds. The van der Waals surface area contributed by atoms with Crippen LogP contribution in [0.5, 0.6) is 0 Å². The van der Waals surface area contributed by atoms with Gasteiger partial charge in [0.1, 0.15) is 0 Å². The average molecular weight is 607 g/mol. The summed E-state index contributed by atoms with van der Waals surface area (Å²) in [6.45, 7) is 13.3. The normalized spacial score (nSPS) is 27.8. The molecule has 11 nitrogen and oxygen atoms in total. The van der Waals surface area contributed by atoms with E-state index in [1.807, 2.05) is 23.6 Å². The van der Waals surface area contributed by atoms with Crippen LogP contribution in [0.25, 0.3) is 10.8 Å². The maximum atomic E-state index is 14.0. The van der Waals surface area contributed by atoms with Crippen molar-refractivity contribution in [1.29, 1.82) is 0 Å². The van der Waals surface area contributed by atoms with Crippen LogP contribution in [0, 0.1) is 33.3 Å². The van der Waals surface area contributed by atoms with Gasteiger partial charge in [0.25, 0.3) is 5.96 Å². The van der Waals surface area contributed by atoms with Crippen molar-refractivity contribution in [2.75, 3.05) is 0 Å². The van der Waals surface area contributed by atoms with Gasteiger partial charge in [-0.05, 0) is 85.1 Å². The summed E-state index contributed by atoms with van der Waals surface area (Å²) in [5, 5.41) is 19.0. The van der Waals surface area contributed by atoms with E-state index in [1.165, 1.54) is 0 Å². The third kappa shape index (κ3) is 6.72. The average Bonchev–Trinajstić information content (AvgIpc) is 3.31. The van der Waals surface area contributed by atoms with Crippen molar-refractivity contribution in [1.82, 2.24) is 16.1 Å². The van der Waals surface area contributed by atoms with E-state index >= 15 is 0 Å². The Bertz CT molecular complexity index is 1400. The second-order valence-corrected chi connectivity index (χ2v) is 14.2. The molecule has 44 heavy (non-hydrogen) atoms. The van der Waals surface area contributed by atoms with Crippen LogP contribution in [-0.4, -0.2) is 53.7 Å². The molecule has 2 bridgehead atoms. The summed E-state index contributed by atoms with van der Waals surface area (Å²) < 4.78 is 13.3. The first-order valence-electron chi connectivity index (χ1n) is 15.8. The summed E-state index contributed by atoms with van der Waals surface area (Å²) in [4.78, 5) is 29.0. The van der Waals surface area contributed by atoms with Crippen LogP contribution in [-0.2, 0) is 20.6 Å². The minimum absolute atomic E-state index is 0.0177. The summed E-state index contributed by atoms with van der Waals surface area (Å²) in [6, 6.07) is 13.2. The Labute approximate surface area is 260 Å². The molecule has 1 heterocycles. The van der Waals surface area contributed by atoms with E-state index in [9.17, 15) is 14.9 Å². The number of guanidine groups is 1. The monoisotopic (exact) mass is 606 g/mol. The highest BCUT2D eigenvalue weighted by Gasteiger charge is 2.68. The maximum absolute atomic E-state index is 14.0. The Balaban J connectivity index is 1.32. The number of rotatable bonds is 12. The van der Waals surface area contributed by atoms with E-state index < -0.39 is 24.2 Å². The molecule has 12 heteroatoms. The standard InChI is InChI=1S/C32H47BN6O5/c1-19(2)13-28(33-43-27-17-24-16-26(31(24,4)5)32(27,6)44-33)37-29(40)25(14-20(3)36-30(34)38-39(41)42)35-18-21-11-12-22-9-7-8-10-23(22)15-21/h7-12,15,19-20,24-28,35H,13-14,16-18H2,1-6H3,(H,37,40)(H3,34,36,38)/t20?,24-,25-,26-,27+,28-,32-/m0/s1. The topological polar surface area (TPSA) is 153 Å². The summed E-state index contributed by atoms with van der Waals surface area (Å²) in [5.74, 6) is 0.514. The van der Waals surface area contributed by atoms with Gasteiger partial charge in [-0.1, -0.05) is 69.5 Å². The number of carbonyl (C=O) groups is 1. The molecule has 2 aromatic rings. The van der Waals surface area contributed by atoms with Gasteiger partial charge in [0, 0.05) is 6.54 Å². The molecule has 3 saturated carbocycles. The van der Waals surface area contributed by atoms with E-state index in [2.05, 4.69) is 74.5 Å². The lowest BCUT2D eigenvalue weighted by atomic mass is 9.43. The molecule has 1 saturated heterocycles. The fourth-order valence-corrected chi connectivity index (χ4v) is 7.73. The third-order valence-electron chi connectivity index (χ3n) is 10.2. The van der Waals surface area contributed by atoms with Crippen molar-refractivity contribution < 1.29 is 19.1 Å². The van der Waals surface area contributed by atoms with Gasteiger partial charge >= 0.3 is 7.12 Å². The molecule has 7 atom stereocenters. The van der Waals surface area contributed by atoms with Crippen molar-refractivity contribution >= 4 is 29.8 Å². The zero-order valence-electron chi connectivity index (χ0n) is 26.7. The van der Waals surface area contributed by atoms with E-state index in [1.54, 1.807) is 6.92 Å².